The third-order valence-corrected chi connectivity index (χ3v) is 3.20. The maximum Gasteiger partial charge on any atom is 0.128 e. The molecule has 0 amide bonds. The summed E-state index contributed by atoms with van der Waals surface area (Å²) < 4.78 is 5.35. The molecule has 1 fully saturated rings. The summed E-state index contributed by atoms with van der Waals surface area (Å²) >= 11 is 0. The minimum absolute atomic E-state index is 0.511. The summed E-state index contributed by atoms with van der Waals surface area (Å²) in [5.41, 5.74) is 1.22. The van der Waals surface area contributed by atoms with Crippen LogP contribution in [-0.2, 0) is 11.2 Å². The molecule has 0 saturated carbocycles. The minimum Gasteiger partial charge on any atom is -0.381 e. The molecule has 0 aromatic carbocycles. The van der Waals surface area contributed by atoms with Crippen molar-refractivity contribution in [3.05, 3.63) is 23.8 Å². The van der Waals surface area contributed by atoms with Gasteiger partial charge in [0, 0.05) is 32.0 Å². The molecule has 0 bridgehead atoms. The lowest BCUT2D eigenvalue weighted by atomic mass is 9.96. The van der Waals surface area contributed by atoms with Gasteiger partial charge in [0.2, 0.25) is 0 Å². The molecule has 3 heteroatoms. The van der Waals surface area contributed by atoms with Crippen LogP contribution in [0.4, 0.5) is 0 Å². The standard InChI is InChI=1S/C13H20N2O/c1-10(2)12-8-14-13(15-9-12)7-11-3-5-16-6-4-11/h8-11H,3-7H2,1-2H3. The van der Waals surface area contributed by atoms with Gasteiger partial charge in [0.25, 0.3) is 0 Å². The fourth-order valence-electron chi connectivity index (χ4n) is 1.98. The summed E-state index contributed by atoms with van der Waals surface area (Å²) in [5.74, 6) is 2.20. The van der Waals surface area contributed by atoms with Gasteiger partial charge >= 0.3 is 0 Å². The molecular weight excluding hydrogens is 200 g/mol. The Balaban J connectivity index is 1.93. The van der Waals surface area contributed by atoms with Gasteiger partial charge in [-0.1, -0.05) is 13.8 Å². The molecule has 2 rings (SSSR count). The number of rotatable bonds is 3. The van der Waals surface area contributed by atoms with Crippen LogP contribution in [0.15, 0.2) is 12.4 Å². The molecule has 1 aliphatic rings. The molecule has 0 aliphatic carbocycles. The summed E-state index contributed by atoms with van der Waals surface area (Å²) in [6, 6.07) is 0. The maximum atomic E-state index is 5.35. The van der Waals surface area contributed by atoms with Crippen molar-refractivity contribution >= 4 is 0 Å². The van der Waals surface area contributed by atoms with E-state index in [4.69, 9.17) is 4.74 Å². The Labute approximate surface area is 97.3 Å². The number of aromatic nitrogens is 2. The van der Waals surface area contributed by atoms with Crippen LogP contribution in [0.1, 0.15) is 44.0 Å². The lowest BCUT2D eigenvalue weighted by Gasteiger charge is -2.21. The second-order valence-electron chi connectivity index (χ2n) is 4.85. The number of hydrogen-bond acceptors (Lipinski definition) is 3. The predicted octanol–water partition coefficient (Wildman–Crippen LogP) is 2.57. The molecule has 2 heterocycles. The summed E-state index contributed by atoms with van der Waals surface area (Å²) in [4.78, 5) is 8.88. The van der Waals surface area contributed by atoms with E-state index in [1.165, 1.54) is 5.56 Å². The fourth-order valence-corrected chi connectivity index (χ4v) is 1.98. The van der Waals surface area contributed by atoms with E-state index in [0.717, 1.165) is 38.3 Å². The van der Waals surface area contributed by atoms with Gasteiger partial charge in [-0.25, -0.2) is 9.97 Å². The smallest absolute Gasteiger partial charge is 0.128 e. The zero-order chi connectivity index (χ0) is 11.4. The third-order valence-electron chi connectivity index (χ3n) is 3.20. The van der Waals surface area contributed by atoms with Crippen molar-refractivity contribution in [2.75, 3.05) is 13.2 Å². The summed E-state index contributed by atoms with van der Waals surface area (Å²) in [6.45, 7) is 6.12. The Kier molecular flexibility index (Phi) is 3.88. The average Bonchev–Trinajstić information content (AvgIpc) is 2.31. The van der Waals surface area contributed by atoms with Gasteiger partial charge < -0.3 is 4.74 Å². The molecular formula is C13H20N2O. The van der Waals surface area contributed by atoms with Crippen LogP contribution in [0.2, 0.25) is 0 Å². The van der Waals surface area contributed by atoms with Crippen molar-refractivity contribution in [3.63, 3.8) is 0 Å². The van der Waals surface area contributed by atoms with Crippen molar-refractivity contribution in [3.8, 4) is 0 Å². The Bertz CT molecular complexity index is 315. The van der Waals surface area contributed by atoms with E-state index in [9.17, 15) is 0 Å². The highest BCUT2D eigenvalue weighted by atomic mass is 16.5. The Hall–Kier alpha value is -0.960. The summed E-state index contributed by atoms with van der Waals surface area (Å²) in [7, 11) is 0. The monoisotopic (exact) mass is 220 g/mol. The number of nitrogens with zero attached hydrogens (tertiary/aromatic N) is 2. The van der Waals surface area contributed by atoms with Crippen LogP contribution in [0.5, 0.6) is 0 Å². The highest BCUT2D eigenvalue weighted by Gasteiger charge is 2.15. The highest BCUT2D eigenvalue weighted by molar-refractivity contribution is 5.09. The highest BCUT2D eigenvalue weighted by Crippen LogP contribution is 2.19. The normalized spacial score (nSPS) is 17.9. The molecule has 1 aromatic rings. The van der Waals surface area contributed by atoms with Gasteiger partial charge in [0.05, 0.1) is 0 Å². The first kappa shape index (κ1) is 11.5. The van der Waals surface area contributed by atoms with Crippen LogP contribution < -0.4 is 0 Å². The van der Waals surface area contributed by atoms with Crippen LogP contribution in [0, 0.1) is 5.92 Å². The molecule has 1 aliphatic heterocycles. The average molecular weight is 220 g/mol. The van der Waals surface area contributed by atoms with Crippen molar-refractivity contribution in [1.82, 2.24) is 9.97 Å². The van der Waals surface area contributed by atoms with Gasteiger partial charge in [0.15, 0.2) is 0 Å². The first-order valence-corrected chi connectivity index (χ1v) is 6.14. The van der Waals surface area contributed by atoms with Crippen LogP contribution in [0.25, 0.3) is 0 Å². The van der Waals surface area contributed by atoms with E-state index in [1.807, 2.05) is 12.4 Å². The summed E-state index contributed by atoms with van der Waals surface area (Å²) in [6.07, 6.45) is 7.23. The molecule has 1 aromatic heterocycles. The fraction of sp³-hybridized carbons (Fsp3) is 0.692. The molecule has 0 spiro atoms. The van der Waals surface area contributed by atoms with E-state index in [-0.39, 0.29) is 0 Å². The molecule has 0 unspecified atom stereocenters. The molecule has 16 heavy (non-hydrogen) atoms. The van der Waals surface area contributed by atoms with E-state index in [2.05, 4.69) is 23.8 Å². The quantitative estimate of drug-likeness (QED) is 0.785. The van der Waals surface area contributed by atoms with Crippen LogP contribution >= 0.6 is 0 Å². The zero-order valence-corrected chi connectivity index (χ0v) is 10.1. The lowest BCUT2D eigenvalue weighted by Crippen LogP contribution is -2.18. The Morgan fingerprint density at radius 2 is 1.88 bits per heavy atom. The van der Waals surface area contributed by atoms with E-state index in [0.29, 0.717) is 11.8 Å². The predicted molar refractivity (Wildman–Crippen MR) is 63.4 cm³/mol. The number of ether oxygens (including phenoxy) is 1. The lowest BCUT2D eigenvalue weighted by molar-refractivity contribution is 0.0660. The molecule has 88 valence electrons. The van der Waals surface area contributed by atoms with E-state index >= 15 is 0 Å². The first-order chi connectivity index (χ1) is 7.75. The van der Waals surface area contributed by atoms with Gasteiger partial charge in [-0.05, 0) is 30.2 Å². The minimum atomic E-state index is 0.511. The molecule has 0 radical (unpaired) electrons. The van der Waals surface area contributed by atoms with Gasteiger partial charge in [0.1, 0.15) is 5.82 Å². The largest absolute Gasteiger partial charge is 0.381 e. The second kappa shape index (κ2) is 5.39. The zero-order valence-electron chi connectivity index (χ0n) is 10.1. The third kappa shape index (κ3) is 3.01. The van der Waals surface area contributed by atoms with Crippen molar-refractivity contribution in [1.29, 1.82) is 0 Å². The van der Waals surface area contributed by atoms with E-state index in [1.54, 1.807) is 0 Å². The second-order valence-corrected chi connectivity index (χ2v) is 4.85. The van der Waals surface area contributed by atoms with Gasteiger partial charge in [-0.2, -0.15) is 0 Å². The molecule has 0 atom stereocenters. The summed E-state index contributed by atoms with van der Waals surface area (Å²) in [5, 5.41) is 0. The first-order valence-electron chi connectivity index (χ1n) is 6.14. The van der Waals surface area contributed by atoms with Crippen molar-refractivity contribution < 1.29 is 4.74 Å². The Morgan fingerprint density at radius 3 is 2.44 bits per heavy atom. The topological polar surface area (TPSA) is 35.0 Å². The van der Waals surface area contributed by atoms with Crippen LogP contribution in [-0.4, -0.2) is 23.2 Å². The molecule has 1 saturated heterocycles. The van der Waals surface area contributed by atoms with Crippen molar-refractivity contribution in [2.24, 2.45) is 5.92 Å². The maximum absolute atomic E-state index is 5.35. The Morgan fingerprint density at radius 1 is 1.25 bits per heavy atom. The van der Waals surface area contributed by atoms with Gasteiger partial charge in [-0.15, -0.1) is 0 Å². The van der Waals surface area contributed by atoms with E-state index < -0.39 is 0 Å². The molecule has 3 nitrogen and oxygen atoms in total. The van der Waals surface area contributed by atoms with Crippen LogP contribution in [0.3, 0.4) is 0 Å². The molecule has 0 N–H and O–H groups in total. The van der Waals surface area contributed by atoms with Gasteiger partial charge in [-0.3, -0.25) is 0 Å². The number of hydrogen-bond donors (Lipinski definition) is 0. The SMILES string of the molecule is CC(C)c1cnc(CC2CCOCC2)nc1. The van der Waals surface area contributed by atoms with Crippen molar-refractivity contribution in [2.45, 2.75) is 39.0 Å².